The highest BCUT2D eigenvalue weighted by Crippen LogP contribution is 2.25. The van der Waals surface area contributed by atoms with Crippen molar-refractivity contribution in [2.24, 2.45) is 0 Å². The van der Waals surface area contributed by atoms with E-state index in [1.807, 2.05) is 19.1 Å². The highest BCUT2D eigenvalue weighted by atomic mass is 16.3. The molecule has 0 fully saturated rings. The Kier molecular flexibility index (Phi) is 4.14. The summed E-state index contributed by atoms with van der Waals surface area (Å²) in [6.07, 6.45) is 1.31. The van der Waals surface area contributed by atoms with E-state index in [2.05, 4.69) is 15.3 Å². The Bertz CT molecular complexity index is 1000. The fourth-order valence-electron chi connectivity index (χ4n) is 2.61. The smallest absolute Gasteiger partial charge is 0.260 e. The number of aromatic amines is 1. The third-order valence-electron chi connectivity index (χ3n) is 4.29. The Morgan fingerprint density at radius 2 is 1.88 bits per heavy atom. The van der Waals surface area contributed by atoms with Crippen molar-refractivity contribution in [3.63, 3.8) is 0 Å². The van der Waals surface area contributed by atoms with E-state index in [1.165, 1.54) is 13.3 Å². The molecular formula is C19H19N3O3. The maximum atomic E-state index is 12.6. The quantitative estimate of drug-likeness (QED) is 0.684. The van der Waals surface area contributed by atoms with Crippen LogP contribution in [0, 0.1) is 13.8 Å². The number of nitrogens with zero attached hydrogens (tertiary/aromatic N) is 1. The van der Waals surface area contributed by atoms with Gasteiger partial charge in [-0.3, -0.25) is 9.59 Å². The predicted molar refractivity (Wildman–Crippen MR) is 96.5 cm³/mol. The second kappa shape index (κ2) is 6.14. The zero-order valence-corrected chi connectivity index (χ0v) is 14.3. The van der Waals surface area contributed by atoms with Crippen LogP contribution in [0.5, 0.6) is 0 Å². The Morgan fingerprint density at radius 1 is 1.20 bits per heavy atom. The number of H-pyrrole nitrogens is 1. The second-order valence-electron chi connectivity index (χ2n) is 6.31. The van der Waals surface area contributed by atoms with Gasteiger partial charge in [0.05, 0.1) is 17.2 Å². The molecule has 1 amide bonds. The van der Waals surface area contributed by atoms with Gasteiger partial charge in [-0.25, -0.2) is 4.98 Å². The molecule has 2 aromatic carbocycles. The summed E-state index contributed by atoms with van der Waals surface area (Å²) in [5.41, 5.74) is 1.31. The number of benzene rings is 2. The van der Waals surface area contributed by atoms with Crippen LogP contribution in [0.1, 0.15) is 23.6 Å². The van der Waals surface area contributed by atoms with Crippen molar-refractivity contribution < 1.29 is 9.90 Å². The number of fused-ring (bicyclic) bond motifs is 1. The van der Waals surface area contributed by atoms with Crippen molar-refractivity contribution in [1.29, 1.82) is 0 Å². The standard InChI is InChI=1S/C19H19N3O3/c1-11-4-6-13(7-5-11)19(3,25)18(24)22-15-9-16-14(8-12(15)2)17(23)21-10-20-16/h4-10,25H,1-3H3,(H,22,24)(H,20,21,23)/t19-/m1/s1. The predicted octanol–water partition coefficient (Wildman–Crippen LogP) is 2.39. The molecule has 25 heavy (non-hydrogen) atoms. The topological polar surface area (TPSA) is 95.1 Å². The van der Waals surface area contributed by atoms with Crippen molar-refractivity contribution in [3.8, 4) is 0 Å². The average Bonchev–Trinajstić information content (AvgIpc) is 2.57. The number of hydrogen-bond donors (Lipinski definition) is 3. The highest BCUT2D eigenvalue weighted by Gasteiger charge is 2.32. The number of nitrogens with one attached hydrogen (secondary N) is 2. The third-order valence-corrected chi connectivity index (χ3v) is 4.29. The number of hydrogen-bond acceptors (Lipinski definition) is 4. The number of carbonyl (C=O) groups is 1. The van der Waals surface area contributed by atoms with E-state index in [4.69, 9.17) is 0 Å². The van der Waals surface area contributed by atoms with Crippen LogP contribution in [-0.2, 0) is 10.4 Å². The van der Waals surface area contributed by atoms with Gasteiger partial charge in [-0.1, -0.05) is 29.8 Å². The summed E-state index contributed by atoms with van der Waals surface area (Å²) in [5, 5.41) is 13.9. The van der Waals surface area contributed by atoms with Crippen LogP contribution in [-0.4, -0.2) is 21.0 Å². The molecule has 1 heterocycles. The molecule has 0 spiro atoms. The van der Waals surface area contributed by atoms with Gasteiger partial charge in [0.25, 0.3) is 11.5 Å². The van der Waals surface area contributed by atoms with Gasteiger partial charge in [0.2, 0.25) is 0 Å². The minimum absolute atomic E-state index is 0.238. The molecule has 128 valence electrons. The van der Waals surface area contributed by atoms with Crippen molar-refractivity contribution in [2.45, 2.75) is 26.4 Å². The molecule has 0 bridgehead atoms. The molecule has 0 radical (unpaired) electrons. The summed E-state index contributed by atoms with van der Waals surface area (Å²) in [6.45, 7) is 5.17. The average molecular weight is 337 g/mol. The molecule has 3 N–H and O–H groups in total. The van der Waals surface area contributed by atoms with E-state index in [9.17, 15) is 14.7 Å². The second-order valence-corrected chi connectivity index (χ2v) is 6.31. The van der Waals surface area contributed by atoms with Crippen LogP contribution in [0.25, 0.3) is 10.9 Å². The summed E-state index contributed by atoms with van der Waals surface area (Å²) < 4.78 is 0. The van der Waals surface area contributed by atoms with Crippen LogP contribution in [0.2, 0.25) is 0 Å². The van der Waals surface area contributed by atoms with Crippen molar-refractivity contribution in [3.05, 3.63) is 69.8 Å². The maximum Gasteiger partial charge on any atom is 0.260 e. The fourth-order valence-corrected chi connectivity index (χ4v) is 2.61. The molecule has 6 nitrogen and oxygen atoms in total. The number of amides is 1. The summed E-state index contributed by atoms with van der Waals surface area (Å²) in [7, 11) is 0. The van der Waals surface area contributed by atoms with Crippen LogP contribution in [0.15, 0.2) is 47.5 Å². The van der Waals surface area contributed by atoms with E-state index in [1.54, 1.807) is 31.2 Å². The van der Waals surface area contributed by atoms with E-state index in [-0.39, 0.29) is 5.56 Å². The zero-order chi connectivity index (χ0) is 18.2. The number of aryl methyl sites for hydroxylation is 2. The number of carbonyl (C=O) groups excluding carboxylic acids is 1. The van der Waals surface area contributed by atoms with Gasteiger partial charge in [0.15, 0.2) is 5.60 Å². The number of rotatable bonds is 3. The molecule has 3 rings (SSSR count). The molecule has 1 atom stereocenters. The van der Waals surface area contributed by atoms with E-state index >= 15 is 0 Å². The molecule has 0 aliphatic carbocycles. The molecule has 3 aromatic rings. The first kappa shape index (κ1) is 16.9. The van der Waals surface area contributed by atoms with Gasteiger partial charge >= 0.3 is 0 Å². The molecule has 0 saturated heterocycles. The third kappa shape index (κ3) is 3.16. The Balaban J connectivity index is 1.95. The highest BCUT2D eigenvalue weighted by molar-refractivity contribution is 5.99. The Labute approximate surface area is 144 Å². The fraction of sp³-hybridized carbons (Fsp3) is 0.211. The van der Waals surface area contributed by atoms with Gasteiger partial charge in [-0.2, -0.15) is 0 Å². The number of anilines is 1. The lowest BCUT2D eigenvalue weighted by molar-refractivity contribution is -0.133. The van der Waals surface area contributed by atoms with Crippen LogP contribution < -0.4 is 10.9 Å². The summed E-state index contributed by atoms with van der Waals surface area (Å²) in [6, 6.07) is 10.4. The minimum atomic E-state index is -1.68. The first-order valence-corrected chi connectivity index (χ1v) is 7.88. The normalized spacial score (nSPS) is 13.4. The van der Waals surface area contributed by atoms with E-state index in [0.29, 0.717) is 27.7 Å². The van der Waals surface area contributed by atoms with Gasteiger partial charge in [0, 0.05) is 5.69 Å². The van der Waals surface area contributed by atoms with Crippen molar-refractivity contribution >= 4 is 22.5 Å². The van der Waals surface area contributed by atoms with Gasteiger partial charge in [-0.05, 0) is 44.0 Å². The first-order valence-electron chi connectivity index (χ1n) is 7.88. The van der Waals surface area contributed by atoms with E-state index < -0.39 is 11.5 Å². The molecule has 0 saturated carbocycles. The molecule has 6 heteroatoms. The molecular weight excluding hydrogens is 318 g/mol. The summed E-state index contributed by atoms with van der Waals surface area (Å²) >= 11 is 0. The molecule has 0 unspecified atom stereocenters. The molecule has 1 aromatic heterocycles. The van der Waals surface area contributed by atoms with Crippen LogP contribution in [0.3, 0.4) is 0 Å². The van der Waals surface area contributed by atoms with Crippen molar-refractivity contribution in [1.82, 2.24) is 9.97 Å². The lowest BCUT2D eigenvalue weighted by Crippen LogP contribution is -2.37. The summed E-state index contributed by atoms with van der Waals surface area (Å²) in [4.78, 5) is 31.1. The lowest BCUT2D eigenvalue weighted by atomic mass is 9.94. The molecule has 0 aliphatic heterocycles. The van der Waals surface area contributed by atoms with Crippen LogP contribution >= 0.6 is 0 Å². The number of aliphatic hydroxyl groups is 1. The minimum Gasteiger partial charge on any atom is -0.376 e. The van der Waals surface area contributed by atoms with Gasteiger partial charge in [0.1, 0.15) is 0 Å². The Hall–Kier alpha value is -2.99. The van der Waals surface area contributed by atoms with Crippen molar-refractivity contribution in [2.75, 3.05) is 5.32 Å². The first-order chi connectivity index (χ1) is 11.8. The molecule has 0 aliphatic rings. The monoisotopic (exact) mass is 337 g/mol. The lowest BCUT2D eigenvalue weighted by Gasteiger charge is -2.23. The number of aromatic nitrogens is 2. The van der Waals surface area contributed by atoms with Gasteiger partial charge < -0.3 is 15.4 Å². The summed E-state index contributed by atoms with van der Waals surface area (Å²) in [5.74, 6) is -0.552. The largest absolute Gasteiger partial charge is 0.376 e. The maximum absolute atomic E-state index is 12.6. The Morgan fingerprint density at radius 3 is 2.56 bits per heavy atom. The SMILES string of the molecule is Cc1ccc([C@@](C)(O)C(=O)Nc2cc3nc[nH]c(=O)c3cc2C)cc1. The van der Waals surface area contributed by atoms with Crippen LogP contribution in [0.4, 0.5) is 5.69 Å². The zero-order valence-electron chi connectivity index (χ0n) is 14.3. The van der Waals surface area contributed by atoms with E-state index in [0.717, 1.165) is 5.56 Å². The van der Waals surface area contributed by atoms with Gasteiger partial charge in [-0.15, -0.1) is 0 Å².